The SMILES string of the molecule is C=C(Cl)CNC(=O)N1C2CCC1CC(CC(=O)O)C2. The minimum Gasteiger partial charge on any atom is -0.481 e. The highest BCUT2D eigenvalue weighted by Crippen LogP contribution is 2.39. The maximum atomic E-state index is 12.1. The van der Waals surface area contributed by atoms with Crippen LogP contribution >= 0.6 is 11.6 Å². The molecule has 2 amide bonds. The number of urea groups is 1. The average molecular weight is 287 g/mol. The quantitative estimate of drug-likeness (QED) is 0.832. The van der Waals surface area contributed by atoms with Crippen molar-refractivity contribution in [2.45, 2.75) is 44.2 Å². The Balaban J connectivity index is 1.93. The van der Waals surface area contributed by atoms with Crippen LogP contribution in [0, 0.1) is 5.92 Å². The predicted octanol–water partition coefficient (Wildman–Crippen LogP) is 2.17. The van der Waals surface area contributed by atoms with Gasteiger partial charge in [0.15, 0.2) is 0 Å². The Bertz CT molecular complexity index is 385. The van der Waals surface area contributed by atoms with E-state index in [2.05, 4.69) is 11.9 Å². The van der Waals surface area contributed by atoms with Crippen molar-refractivity contribution in [1.82, 2.24) is 10.2 Å². The molecule has 2 unspecified atom stereocenters. The van der Waals surface area contributed by atoms with Gasteiger partial charge < -0.3 is 15.3 Å². The van der Waals surface area contributed by atoms with E-state index in [9.17, 15) is 9.59 Å². The van der Waals surface area contributed by atoms with Gasteiger partial charge in [-0.05, 0) is 31.6 Å². The predicted molar refractivity (Wildman–Crippen MR) is 72.0 cm³/mol. The maximum absolute atomic E-state index is 12.1. The molecule has 2 atom stereocenters. The monoisotopic (exact) mass is 286 g/mol. The lowest BCUT2D eigenvalue weighted by atomic mass is 9.88. The summed E-state index contributed by atoms with van der Waals surface area (Å²) in [5.41, 5.74) is 0. The summed E-state index contributed by atoms with van der Waals surface area (Å²) >= 11 is 5.64. The second-order valence-electron chi connectivity index (χ2n) is 5.40. The van der Waals surface area contributed by atoms with Crippen molar-refractivity contribution < 1.29 is 14.7 Å². The van der Waals surface area contributed by atoms with Gasteiger partial charge in [0.25, 0.3) is 0 Å². The molecule has 2 aliphatic rings. The molecule has 0 saturated carbocycles. The van der Waals surface area contributed by atoms with Gasteiger partial charge in [-0.25, -0.2) is 4.79 Å². The summed E-state index contributed by atoms with van der Waals surface area (Å²) in [6.45, 7) is 3.81. The molecule has 0 aromatic heterocycles. The zero-order chi connectivity index (χ0) is 14.0. The summed E-state index contributed by atoms with van der Waals surface area (Å²) in [4.78, 5) is 24.7. The van der Waals surface area contributed by atoms with Crippen molar-refractivity contribution in [2.24, 2.45) is 5.92 Å². The first kappa shape index (κ1) is 14.2. The number of carboxylic acids is 1. The van der Waals surface area contributed by atoms with Crippen LogP contribution in [-0.2, 0) is 4.79 Å². The number of piperidine rings is 1. The number of fused-ring (bicyclic) bond motifs is 2. The Labute approximate surface area is 117 Å². The van der Waals surface area contributed by atoms with Crippen LogP contribution in [-0.4, -0.2) is 40.6 Å². The summed E-state index contributed by atoms with van der Waals surface area (Å²) in [5, 5.41) is 12.0. The standard InChI is InChI=1S/C13H19ClN2O3/c1-8(14)7-15-13(19)16-10-2-3-11(16)5-9(4-10)6-12(17)18/h9-11H,1-7H2,(H,15,19)(H,17,18). The number of carboxylic acid groups (broad SMARTS) is 1. The number of hydrogen-bond donors (Lipinski definition) is 2. The van der Waals surface area contributed by atoms with E-state index in [-0.39, 0.29) is 37.0 Å². The van der Waals surface area contributed by atoms with Crippen molar-refractivity contribution in [3.63, 3.8) is 0 Å². The van der Waals surface area contributed by atoms with Crippen LogP contribution in [0.25, 0.3) is 0 Å². The summed E-state index contributed by atoms with van der Waals surface area (Å²) in [6, 6.07) is 0.237. The van der Waals surface area contributed by atoms with Gasteiger partial charge in [-0.2, -0.15) is 0 Å². The van der Waals surface area contributed by atoms with Crippen molar-refractivity contribution >= 4 is 23.6 Å². The number of hydrogen-bond acceptors (Lipinski definition) is 2. The third kappa shape index (κ3) is 3.41. The lowest BCUT2D eigenvalue weighted by Gasteiger charge is -2.38. The zero-order valence-electron chi connectivity index (χ0n) is 10.8. The number of rotatable bonds is 4. The minimum absolute atomic E-state index is 0.108. The van der Waals surface area contributed by atoms with E-state index in [4.69, 9.17) is 16.7 Å². The number of carbonyl (C=O) groups excluding carboxylic acids is 1. The van der Waals surface area contributed by atoms with Gasteiger partial charge in [0.2, 0.25) is 0 Å². The van der Waals surface area contributed by atoms with Gasteiger partial charge in [0.1, 0.15) is 0 Å². The smallest absolute Gasteiger partial charge is 0.318 e. The summed E-state index contributed by atoms with van der Waals surface area (Å²) in [5.74, 6) is -0.553. The highest BCUT2D eigenvalue weighted by molar-refractivity contribution is 6.29. The van der Waals surface area contributed by atoms with Crippen molar-refractivity contribution in [1.29, 1.82) is 0 Å². The first-order chi connectivity index (χ1) is 8.97. The van der Waals surface area contributed by atoms with E-state index in [0.29, 0.717) is 5.03 Å². The molecule has 106 valence electrons. The van der Waals surface area contributed by atoms with Crippen molar-refractivity contribution in [3.8, 4) is 0 Å². The molecule has 2 N–H and O–H groups in total. The Morgan fingerprint density at radius 2 is 1.89 bits per heavy atom. The molecule has 0 aromatic rings. The highest BCUT2D eigenvalue weighted by Gasteiger charge is 2.43. The molecule has 6 heteroatoms. The molecule has 2 saturated heterocycles. The van der Waals surface area contributed by atoms with Crippen LogP contribution < -0.4 is 5.32 Å². The molecular weight excluding hydrogens is 268 g/mol. The molecule has 5 nitrogen and oxygen atoms in total. The van der Waals surface area contributed by atoms with Gasteiger partial charge in [-0.1, -0.05) is 18.2 Å². The molecule has 0 aromatic carbocycles. The summed E-state index contributed by atoms with van der Waals surface area (Å²) in [6.07, 6.45) is 3.73. The number of nitrogens with one attached hydrogen (secondary N) is 1. The Morgan fingerprint density at radius 3 is 2.37 bits per heavy atom. The molecule has 0 radical (unpaired) electrons. The van der Waals surface area contributed by atoms with Crippen molar-refractivity contribution in [2.75, 3.05) is 6.54 Å². The van der Waals surface area contributed by atoms with Crippen LogP contribution in [0.4, 0.5) is 4.79 Å². The second-order valence-corrected chi connectivity index (χ2v) is 5.94. The number of aliphatic carboxylic acids is 1. The molecule has 2 heterocycles. The van der Waals surface area contributed by atoms with E-state index in [1.165, 1.54) is 0 Å². The van der Waals surface area contributed by atoms with Gasteiger partial charge in [0, 0.05) is 23.5 Å². The van der Waals surface area contributed by atoms with E-state index in [1.807, 2.05) is 4.90 Å². The number of halogens is 1. The van der Waals surface area contributed by atoms with Crippen LogP contribution in [0.2, 0.25) is 0 Å². The van der Waals surface area contributed by atoms with Gasteiger partial charge in [0.05, 0.1) is 6.54 Å². The van der Waals surface area contributed by atoms with E-state index in [1.54, 1.807) is 0 Å². The van der Waals surface area contributed by atoms with Gasteiger partial charge >= 0.3 is 12.0 Å². The molecule has 2 rings (SSSR count). The minimum atomic E-state index is -0.749. The lowest BCUT2D eigenvalue weighted by Crippen LogP contribution is -2.51. The fourth-order valence-corrected chi connectivity index (χ4v) is 3.36. The van der Waals surface area contributed by atoms with Gasteiger partial charge in [-0.3, -0.25) is 4.79 Å². The van der Waals surface area contributed by atoms with Crippen LogP contribution in [0.1, 0.15) is 32.1 Å². The Kier molecular flexibility index (Phi) is 4.34. The van der Waals surface area contributed by atoms with E-state index >= 15 is 0 Å². The summed E-state index contributed by atoms with van der Waals surface area (Å²) < 4.78 is 0. The van der Waals surface area contributed by atoms with Crippen LogP contribution in [0.3, 0.4) is 0 Å². The zero-order valence-corrected chi connectivity index (χ0v) is 11.5. The van der Waals surface area contributed by atoms with Crippen molar-refractivity contribution in [3.05, 3.63) is 11.6 Å². The fourth-order valence-electron chi connectivity index (χ4n) is 3.30. The van der Waals surface area contributed by atoms with Gasteiger partial charge in [-0.15, -0.1) is 0 Å². The molecule has 2 bridgehead atoms. The topological polar surface area (TPSA) is 69.6 Å². The number of carbonyl (C=O) groups is 2. The molecule has 2 aliphatic heterocycles. The summed E-state index contributed by atoms with van der Waals surface area (Å²) in [7, 11) is 0. The normalized spacial score (nSPS) is 29.1. The molecule has 19 heavy (non-hydrogen) atoms. The third-order valence-corrected chi connectivity index (χ3v) is 4.09. The van der Waals surface area contributed by atoms with E-state index < -0.39 is 5.97 Å². The lowest BCUT2D eigenvalue weighted by molar-refractivity contribution is -0.138. The number of amides is 2. The maximum Gasteiger partial charge on any atom is 0.318 e. The molecule has 0 spiro atoms. The van der Waals surface area contributed by atoms with Crippen LogP contribution in [0.15, 0.2) is 11.6 Å². The fraction of sp³-hybridized carbons (Fsp3) is 0.692. The highest BCUT2D eigenvalue weighted by atomic mass is 35.5. The molecule has 0 aliphatic carbocycles. The molecule has 2 fully saturated rings. The van der Waals surface area contributed by atoms with E-state index in [0.717, 1.165) is 25.7 Å². The van der Waals surface area contributed by atoms with Crippen LogP contribution in [0.5, 0.6) is 0 Å². The largest absolute Gasteiger partial charge is 0.481 e. The average Bonchev–Trinajstić information content (AvgIpc) is 2.57. The Morgan fingerprint density at radius 1 is 1.32 bits per heavy atom. The second kappa shape index (κ2) is 5.82. The first-order valence-electron chi connectivity index (χ1n) is 6.58. The third-order valence-electron chi connectivity index (χ3n) is 3.96. The number of nitrogens with zero attached hydrogens (tertiary/aromatic N) is 1. The first-order valence-corrected chi connectivity index (χ1v) is 6.96. The molecular formula is C13H19ClN2O3. The Hall–Kier alpha value is -1.23.